The molecule has 0 spiro atoms. The van der Waals surface area contributed by atoms with Gasteiger partial charge in [0, 0.05) is 17.9 Å². The van der Waals surface area contributed by atoms with Crippen molar-refractivity contribution in [3.05, 3.63) is 0 Å². The first-order chi connectivity index (χ1) is 7.29. The van der Waals surface area contributed by atoms with Gasteiger partial charge in [-0.05, 0) is 12.8 Å². The third-order valence-electron chi connectivity index (χ3n) is 2.27. The molecule has 5 nitrogen and oxygen atoms in total. The first-order valence-corrected chi connectivity index (χ1v) is 5.36. The highest BCUT2D eigenvalue weighted by Gasteiger charge is 2.09. The second kappa shape index (κ2) is 7.23. The van der Waals surface area contributed by atoms with Crippen LogP contribution in [0.3, 0.4) is 0 Å². The zero-order chi connectivity index (χ0) is 10.9. The van der Waals surface area contributed by atoms with Crippen molar-refractivity contribution in [1.82, 2.24) is 0 Å². The van der Waals surface area contributed by atoms with Crippen molar-refractivity contribution in [3.8, 4) is 0 Å². The normalized spacial score (nSPS) is 21.6. The van der Waals surface area contributed by atoms with Crippen LogP contribution in [0, 0.1) is 0 Å². The number of carbonyl (C=O) groups is 2. The molecule has 0 aromatic rings. The summed E-state index contributed by atoms with van der Waals surface area (Å²) in [6.45, 7) is 0. The average Bonchev–Trinajstić information content (AvgIpc) is 2.22. The largest absolute Gasteiger partial charge is 0.346 e. The molecule has 5 heteroatoms. The summed E-state index contributed by atoms with van der Waals surface area (Å²) in [5.41, 5.74) is 0. The molecular weight excluding hydrogens is 200 g/mol. The molecule has 86 valence electrons. The predicted molar refractivity (Wildman–Crippen MR) is 50.2 cm³/mol. The molecule has 1 aliphatic rings. The van der Waals surface area contributed by atoms with E-state index < -0.39 is 11.9 Å². The van der Waals surface area contributed by atoms with Gasteiger partial charge in [-0.25, -0.2) is 9.59 Å². The molecule has 0 saturated carbocycles. The highest BCUT2D eigenvalue weighted by atomic mass is 17.5. The minimum absolute atomic E-state index is 0.303. The van der Waals surface area contributed by atoms with Gasteiger partial charge in [0.2, 0.25) is 0 Å². The summed E-state index contributed by atoms with van der Waals surface area (Å²) < 4.78 is 0. The molecule has 0 atom stereocenters. The molecule has 0 aromatic heterocycles. The van der Waals surface area contributed by atoms with E-state index in [9.17, 15) is 9.59 Å². The Labute approximate surface area is 88.5 Å². The Morgan fingerprint density at radius 3 is 1.53 bits per heavy atom. The first-order valence-electron chi connectivity index (χ1n) is 5.36. The molecule has 1 rings (SSSR count). The van der Waals surface area contributed by atoms with Crippen molar-refractivity contribution in [2.75, 3.05) is 0 Å². The van der Waals surface area contributed by atoms with Crippen LogP contribution in [0.25, 0.3) is 0 Å². The number of rotatable bonds is 0. The third kappa shape index (κ3) is 6.06. The van der Waals surface area contributed by atoms with Crippen LogP contribution in [0.15, 0.2) is 0 Å². The summed E-state index contributed by atoms with van der Waals surface area (Å²) in [5.74, 6) is -0.996. The van der Waals surface area contributed by atoms with Gasteiger partial charge in [-0.1, -0.05) is 25.7 Å². The van der Waals surface area contributed by atoms with Crippen LogP contribution in [0.5, 0.6) is 0 Å². The number of hydrogen-bond donors (Lipinski definition) is 0. The molecule has 15 heavy (non-hydrogen) atoms. The Morgan fingerprint density at radius 1 is 0.667 bits per heavy atom. The number of carbonyl (C=O) groups excluding carboxylic acids is 2. The predicted octanol–water partition coefficient (Wildman–Crippen LogP) is 2.05. The summed E-state index contributed by atoms with van der Waals surface area (Å²) in [7, 11) is 0. The van der Waals surface area contributed by atoms with Gasteiger partial charge in [0.05, 0.1) is 0 Å². The summed E-state index contributed by atoms with van der Waals surface area (Å²) in [6.07, 6.45) is 6.36. The van der Waals surface area contributed by atoms with Crippen molar-refractivity contribution in [2.24, 2.45) is 0 Å². The molecular formula is C10H16O5. The fraction of sp³-hybridized carbons (Fsp3) is 0.800. The maximum absolute atomic E-state index is 11.0. The smallest absolute Gasteiger partial charge is 0.260 e. The lowest BCUT2D eigenvalue weighted by Crippen LogP contribution is -2.10. The van der Waals surface area contributed by atoms with E-state index in [1.165, 1.54) is 0 Å². The minimum atomic E-state index is -0.498. The Morgan fingerprint density at radius 2 is 1.07 bits per heavy atom. The van der Waals surface area contributed by atoms with E-state index in [1.54, 1.807) is 0 Å². The standard InChI is InChI=1S/C10H16O5/c11-9-7-5-3-1-2-4-6-8-10(12)14-15-13-9/h1-8H2. The minimum Gasteiger partial charge on any atom is -0.260 e. The van der Waals surface area contributed by atoms with Crippen molar-refractivity contribution in [2.45, 2.75) is 51.4 Å². The second-order valence-corrected chi connectivity index (χ2v) is 3.60. The molecule has 0 radical (unpaired) electrons. The Bertz CT molecular complexity index is 192. The summed E-state index contributed by atoms with van der Waals surface area (Å²) >= 11 is 0. The molecule has 0 amide bonds. The highest BCUT2D eigenvalue weighted by molar-refractivity contribution is 5.69. The van der Waals surface area contributed by atoms with Crippen molar-refractivity contribution in [1.29, 1.82) is 0 Å². The van der Waals surface area contributed by atoms with Gasteiger partial charge < -0.3 is 0 Å². The van der Waals surface area contributed by atoms with Crippen LogP contribution in [0.4, 0.5) is 0 Å². The maximum atomic E-state index is 11.0. The van der Waals surface area contributed by atoms with E-state index in [0.29, 0.717) is 12.8 Å². The van der Waals surface area contributed by atoms with Crippen LogP contribution in [-0.2, 0) is 24.4 Å². The lowest BCUT2D eigenvalue weighted by Gasteiger charge is -2.00. The van der Waals surface area contributed by atoms with Crippen LogP contribution >= 0.6 is 0 Å². The molecule has 0 unspecified atom stereocenters. The van der Waals surface area contributed by atoms with Crippen molar-refractivity contribution in [3.63, 3.8) is 0 Å². The fourth-order valence-electron chi connectivity index (χ4n) is 1.42. The van der Waals surface area contributed by atoms with E-state index in [1.807, 2.05) is 0 Å². The van der Waals surface area contributed by atoms with Crippen LogP contribution in [0.1, 0.15) is 51.4 Å². The molecule has 0 N–H and O–H groups in total. The SMILES string of the molecule is O=C1CCCCCCCCC(=O)OOO1. The molecule has 0 aliphatic carbocycles. The summed E-state index contributed by atoms with van der Waals surface area (Å²) in [5, 5.41) is 4.07. The monoisotopic (exact) mass is 216 g/mol. The average molecular weight is 216 g/mol. The van der Waals surface area contributed by atoms with E-state index >= 15 is 0 Å². The van der Waals surface area contributed by atoms with Gasteiger partial charge in [0.1, 0.15) is 0 Å². The van der Waals surface area contributed by atoms with Gasteiger partial charge in [0.15, 0.2) is 0 Å². The van der Waals surface area contributed by atoms with Gasteiger partial charge in [-0.2, -0.15) is 0 Å². The van der Waals surface area contributed by atoms with Gasteiger partial charge in [-0.15, -0.1) is 0 Å². The van der Waals surface area contributed by atoms with E-state index in [0.717, 1.165) is 38.5 Å². The second-order valence-electron chi connectivity index (χ2n) is 3.60. The van der Waals surface area contributed by atoms with Crippen molar-refractivity contribution < 1.29 is 24.4 Å². The zero-order valence-corrected chi connectivity index (χ0v) is 8.70. The Hall–Kier alpha value is -1.10. The van der Waals surface area contributed by atoms with Gasteiger partial charge >= 0.3 is 11.9 Å². The lowest BCUT2D eigenvalue weighted by molar-refractivity contribution is -0.459. The van der Waals surface area contributed by atoms with E-state index in [2.05, 4.69) is 14.8 Å². The topological polar surface area (TPSA) is 61.8 Å². The van der Waals surface area contributed by atoms with Crippen LogP contribution in [-0.4, -0.2) is 11.9 Å². The molecule has 1 aliphatic heterocycles. The zero-order valence-electron chi connectivity index (χ0n) is 8.70. The summed E-state index contributed by atoms with van der Waals surface area (Å²) in [4.78, 5) is 30.4. The molecule has 1 fully saturated rings. The fourth-order valence-corrected chi connectivity index (χ4v) is 1.42. The first kappa shape index (κ1) is 12.0. The molecule has 0 bridgehead atoms. The number of hydrogen-bond acceptors (Lipinski definition) is 5. The quantitative estimate of drug-likeness (QED) is 0.580. The van der Waals surface area contributed by atoms with E-state index in [4.69, 9.17) is 0 Å². The molecule has 1 saturated heterocycles. The molecule has 1 heterocycles. The van der Waals surface area contributed by atoms with Crippen molar-refractivity contribution >= 4 is 11.9 Å². The third-order valence-corrected chi connectivity index (χ3v) is 2.27. The van der Waals surface area contributed by atoms with Gasteiger partial charge in [-0.3, -0.25) is 9.78 Å². The Balaban J connectivity index is 2.27. The maximum Gasteiger partial charge on any atom is 0.346 e. The highest BCUT2D eigenvalue weighted by Crippen LogP contribution is 2.10. The lowest BCUT2D eigenvalue weighted by atomic mass is 10.1. The Kier molecular flexibility index (Phi) is 5.77. The van der Waals surface area contributed by atoms with E-state index in [-0.39, 0.29) is 0 Å². The summed E-state index contributed by atoms with van der Waals surface area (Å²) in [6, 6.07) is 0. The van der Waals surface area contributed by atoms with Crippen LogP contribution < -0.4 is 0 Å². The van der Waals surface area contributed by atoms with Crippen LogP contribution in [0.2, 0.25) is 0 Å². The van der Waals surface area contributed by atoms with Gasteiger partial charge in [0.25, 0.3) is 0 Å². The molecule has 0 aromatic carbocycles.